The molecule has 1 aliphatic rings. The van der Waals surface area contributed by atoms with E-state index in [9.17, 15) is 0 Å². The second kappa shape index (κ2) is 14.6. The van der Waals surface area contributed by atoms with Crippen LogP contribution < -0.4 is 15.4 Å². The normalized spacial score (nSPS) is 13.4. The fourth-order valence-electron chi connectivity index (χ4n) is 2.65. The molecule has 2 N–H and O–H groups in total. The Morgan fingerprint density at radius 3 is 1.79 bits per heavy atom. The SMILES string of the molecule is CC(C)Oc1ccccc1[CH]=[Ru]([Cl])([Cl])=[C]1NCCN1.Cc1[c-]cccc1.Cc1[c-]cccc1. The molecule has 1 heterocycles. The Morgan fingerprint density at radius 2 is 1.36 bits per heavy atom. The van der Waals surface area contributed by atoms with E-state index in [0.717, 1.165) is 28.8 Å². The van der Waals surface area contributed by atoms with Gasteiger partial charge in [0.1, 0.15) is 0 Å². The summed E-state index contributed by atoms with van der Waals surface area (Å²) in [5.41, 5.74) is 3.35. The summed E-state index contributed by atoms with van der Waals surface area (Å²) < 4.78 is 8.63. The average Bonchev–Trinajstić information content (AvgIpc) is 3.33. The maximum atomic E-state index is 6.55. The van der Waals surface area contributed by atoms with Crippen LogP contribution in [0.3, 0.4) is 0 Å². The van der Waals surface area contributed by atoms with Crippen LogP contribution in [-0.2, 0) is 11.9 Å². The third kappa shape index (κ3) is 10.9. The van der Waals surface area contributed by atoms with Crippen LogP contribution in [0.15, 0.2) is 72.8 Å². The van der Waals surface area contributed by atoms with Crippen LogP contribution in [0.2, 0.25) is 0 Å². The largest absolute Gasteiger partial charge is 0.181 e. The van der Waals surface area contributed by atoms with Crippen molar-refractivity contribution in [3.63, 3.8) is 0 Å². The van der Waals surface area contributed by atoms with Crippen molar-refractivity contribution in [1.82, 2.24) is 10.6 Å². The molecular formula is C27H32Cl2N2ORu-2. The molecule has 3 aromatic rings. The van der Waals surface area contributed by atoms with Gasteiger partial charge in [-0.15, -0.1) is 0 Å². The van der Waals surface area contributed by atoms with Crippen LogP contribution in [0.25, 0.3) is 0 Å². The summed E-state index contributed by atoms with van der Waals surface area (Å²) in [7, 11) is 13.1. The van der Waals surface area contributed by atoms with Gasteiger partial charge in [0.15, 0.2) is 0 Å². The molecule has 6 heteroatoms. The predicted molar refractivity (Wildman–Crippen MR) is 140 cm³/mol. The van der Waals surface area contributed by atoms with Crippen molar-refractivity contribution in [2.75, 3.05) is 13.1 Å². The fraction of sp³-hybridized carbons (Fsp3) is 0.259. The van der Waals surface area contributed by atoms with Gasteiger partial charge < -0.3 is 0 Å². The standard InChI is InChI=1S/C10H12O.2C7H7.C3H6N2.2ClH.Ru/c1-8(2)11-10-7-5-4-6-9(10)3;2*1-7-5-3-2-4-6-7;1-2-5-3-4-1;;;/h3-8H,1-2H3;2*2-5H,1H3;4-5H,1-2H2;2*1H;/q;2*-1;;;;+2/p-2. The van der Waals surface area contributed by atoms with Gasteiger partial charge >= 0.3 is 124 Å². The summed E-state index contributed by atoms with van der Waals surface area (Å²) in [4.78, 5) is 0. The van der Waals surface area contributed by atoms with Crippen molar-refractivity contribution in [3.05, 3.63) is 102 Å². The fourth-order valence-corrected chi connectivity index (χ4v) is 7.35. The van der Waals surface area contributed by atoms with Gasteiger partial charge in [-0.2, -0.15) is 71.8 Å². The Hall–Kier alpha value is -1.68. The Balaban J connectivity index is 0.000000223. The molecule has 0 amide bonds. The van der Waals surface area contributed by atoms with Gasteiger partial charge in [-0.05, 0) is 0 Å². The Kier molecular flexibility index (Phi) is 12.2. The second-order valence-electron chi connectivity index (χ2n) is 7.49. The molecule has 0 spiro atoms. The molecule has 0 radical (unpaired) electrons. The Morgan fingerprint density at radius 1 is 0.848 bits per heavy atom. The first kappa shape index (κ1) is 27.6. The molecule has 0 atom stereocenters. The second-order valence-corrected chi connectivity index (χ2v) is 16.8. The van der Waals surface area contributed by atoms with E-state index in [2.05, 4.69) is 22.8 Å². The summed E-state index contributed by atoms with van der Waals surface area (Å²) in [5.74, 6) is 0.822. The molecule has 3 aromatic carbocycles. The number of halogens is 2. The van der Waals surface area contributed by atoms with Crippen molar-refractivity contribution in [2.45, 2.75) is 33.8 Å². The van der Waals surface area contributed by atoms with Gasteiger partial charge in [0.2, 0.25) is 0 Å². The molecular weight excluding hydrogens is 540 g/mol. The molecule has 180 valence electrons. The maximum absolute atomic E-state index is 6.55. The van der Waals surface area contributed by atoms with Crippen molar-refractivity contribution in [3.8, 4) is 5.75 Å². The summed E-state index contributed by atoms with van der Waals surface area (Å²) in [5, 5.41) is 6.45. The van der Waals surface area contributed by atoms with Crippen LogP contribution in [0.5, 0.6) is 5.75 Å². The smallest absolute Gasteiger partial charge is 0.0630 e. The summed E-state index contributed by atoms with van der Waals surface area (Å²) in [6.45, 7) is 9.80. The molecule has 0 saturated carbocycles. The minimum atomic E-state index is -3.01. The van der Waals surface area contributed by atoms with Crippen molar-refractivity contribution < 1.29 is 16.6 Å². The Labute approximate surface area is 209 Å². The number of hydrogen-bond donors (Lipinski definition) is 2. The first-order chi connectivity index (χ1) is 15.8. The molecule has 0 unspecified atom stereocenters. The molecule has 0 aliphatic carbocycles. The number of nitrogens with one attached hydrogen (secondary N) is 2. The zero-order chi connectivity index (χ0) is 24.1. The maximum Gasteiger partial charge on any atom is -0.0630 e. The van der Waals surface area contributed by atoms with E-state index in [1.165, 1.54) is 11.1 Å². The molecule has 33 heavy (non-hydrogen) atoms. The van der Waals surface area contributed by atoms with Crippen LogP contribution in [0.4, 0.5) is 0 Å². The summed E-state index contributed by atoms with van der Waals surface area (Å²) in [6.07, 6.45) is 0.121. The van der Waals surface area contributed by atoms with Crippen LogP contribution in [0, 0.1) is 26.0 Å². The van der Waals surface area contributed by atoms with E-state index < -0.39 is 11.9 Å². The molecule has 1 saturated heterocycles. The number of benzene rings is 3. The number of hydrogen-bond acceptors (Lipinski definition) is 3. The van der Waals surface area contributed by atoms with Gasteiger partial charge in [0.05, 0.1) is 0 Å². The number of rotatable bonds is 3. The third-order valence-corrected chi connectivity index (χ3v) is 9.60. The molecule has 1 aliphatic heterocycles. The third-order valence-electron chi connectivity index (χ3n) is 4.16. The number of aryl methyl sites for hydroxylation is 2. The van der Waals surface area contributed by atoms with Crippen LogP contribution >= 0.6 is 19.4 Å². The van der Waals surface area contributed by atoms with E-state index >= 15 is 0 Å². The summed E-state index contributed by atoms with van der Waals surface area (Å²) >= 11 is -3.01. The molecule has 3 nitrogen and oxygen atoms in total. The van der Waals surface area contributed by atoms with Gasteiger partial charge in [-0.25, -0.2) is 0 Å². The molecule has 0 aromatic heterocycles. The van der Waals surface area contributed by atoms with E-state index in [1.807, 2.05) is 105 Å². The average molecular weight is 573 g/mol. The van der Waals surface area contributed by atoms with E-state index in [1.54, 1.807) is 0 Å². The van der Waals surface area contributed by atoms with Crippen LogP contribution in [0.1, 0.15) is 30.5 Å². The van der Waals surface area contributed by atoms with E-state index in [0.29, 0.717) is 0 Å². The molecule has 1 fully saturated rings. The van der Waals surface area contributed by atoms with Gasteiger partial charge in [-0.1, -0.05) is 13.8 Å². The summed E-state index contributed by atoms with van der Waals surface area (Å²) in [6, 6.07) is 29.7. The van der Waals surface area contributed by atoms with Crippen molar-refractivity contribution in [2.24, 2.45) is 0 Å². The topological polar surface area (TPSA) is 33.3 Å². The van der Waals surface area contributed by atoms with Gasteiger partial charge in [0.25, 0.3) is 0 Å². The predicted octanol–water partition coefficient (Wildman–Crippen LogP) is 5.96. The Bertz CT molecular complexity index is 1040. The van der Waals surface area contributed by atoms with E-state index in [4.69, 9.17) is 24.1 Å². The number of para-hydroxylation sites is 1. The van der Waals surface area contributed by atoms with Gasteiger partial charge in [0, 0.05) is 0 Å². The minimum absolute atomic E-state index is 0.121. The minimum Gasteiger partial charge on any atom is -0.181 e. The zero-order valence-corrected chi connectivity index (χ0v) is 22.8. The first-order valence-electron chi connectivity index (χ1n) is 10.7. The van der Waals surface area contributed by atoms with Crippen molar-refractivity contribution >= 4 is 28.3 Å². The van der Waals surface area contributed by atoms with Crippen LogP contribution in [-0.4, -0.2) is 28.2 Å². The van der Waals surface area contributed by atoms with Crippen molar-refractivity contribution in [1.29, 1.82) is 0 Å². The zero-order valence-electron chi connectivity index (χ0n) is 19.5. The number of ether oxygens (including phenoxy) is 1. The molecule has 4 rings (SSSR count). The van der Waals surface area contributed by atoms with Gasteiger partial charge in [-0.3, -0.25) is 0 Å². The van der Waals surface area contributed by atoms with E-state index in [-0.39, 0.29) is 6.10 Å². The monoisotopic (exact) mass is 572 g/mol. The first-order valence-corrected chi connectivity index (χ1v) is 17.1. The molecule has 0 bridgehead atoms. The quantitative estimate of drug-likeness (QED) is 0.301.